The summed E-state index contributed by atoms with van der Waals surface area (Å²) in [4.78, 5) is 41.6. The van der Waals surface area contributed by atoms with Crippen molar-refractivity contribution in [3.63, 3.8) is 0 Å². The minimum atomic E-state index is -1.46. The van der Waals surface area contributed by atoms with Crippen molar-refractivity contribution in [1.82, 2.24) is 14.5 Å². The van der Waals surface area contributed by atoms with Crippen LogP contribution >= 0.6 is 0 Å². The molecule has 1 fully saturated rings. The number of aryl methyl sites for hydroxylation is 1. The molecule has 9 heteroatoms. The third-order valence-electron chi connectivity index (χ3n) is 5.64. The maximum absolute atomic E-state index is 12.6. The summed E-state index contributed by atoms with van der Waals surface area (Å²) in [5.41, 5.74) is 16.3. The van der Waals surface area contributed by atoms with Gasteiger partial charge in [0.1, 0.15) is 5.54 Å². The highest BCUT2D eigenvalue weighted by Gasteiger charge is 2.43. The molecule has 0 aliphatic carbocycles. The molecule has 0 radical (unpaired) electrons. The lowest BCUT2D eigenvalue weighted by molar-refractivity contribution is -0.135. The molecule has 9 nitrogen and oxygen atoms in total. The summed E-state index contributed by atoms with van der Waals surface area (Å²) in [6.07, 6.45) is 6.58. The lowest BCUT2D eigenvalue weighted by Crippen LogP contribution is -2.61. The molecule has 0 saturated carbocycles. The van der Waals surface area contributed by atoms with E-state index in [1.165, 1.54) is 0 Å². The summed E-state index contributed by atoms with van der Waals surface area (Å²) in [6.45, 7) is 1.52. The molecular formula is C19H26N6O3. The Morgan fingerprint density at radius 3 is 2.54 bits per heavy atom. The number of carbonyl (C=O) groups is 3. The van der Waals surface area contributed by atoms with Crippen LogP contribution < -0.4 is 17.2 Å². The first-order valence-corrected chi connectivity index (χ1v) is 9.35. The summed E-state index contributed by atoms with van der Waals surface area (Å²) < 4.78 is 2.01. The fourth-order valence-electron chi connectivity index (χ4n) is 3.96. The van der Waals surface area contributed by atoms with Crippen molar-refractivity contribution in [1.29, 1.82) is 0 Å². The van der Waals surface area contributed by atoms with Crippen LogP contribution in [0.3, 0.4) is 0 Å². The average molecular weight is 386 g/mol. The highest BCUT2D eigenvalue weighted by Crippen LogP contribution is 2.29. The molecule has 28 heavy (non-hydrogen) atoms. The Labute approximate surface area is 162 Å². The molecule has 6 N–H and O–H groups in total. The van der Waals surface area contributed by atoms with Crippen molar-refractivity contribution in [2.24, 2.45) is 23.1 Å². The molecule has 1 aliphatic rings. The van der Waals surface area contributed by atoms with Crippen molar-refractivity contribution in [3.8, 4) is 0 Å². The topological polar surface area (TPSA) is 150 Å². The zero-order valence-electron chi connectivity index (χ0n) is 15.7. The van der Waals surface area contributed by atoms with E-state index in [1.807, 2.05) is 22.9 Å². The van der Waals surface area contributed by atoms with Crippen LogP contribution in [0.5, 0.6) is 0 Å². The Kier molecular flexibility index (Phi) is 5.64. The van der Waals surface area contributed by atoms with Crippen LogP contribution in [-0.4, -0.2) is 50.8 Å². The van der Waals surface area contributed by atoms with E-state index in [0.717, 1.165) is 10.9 Å². The molecule has 1 atom stereocenters. The van der Waals surface area contributed by atoms with Crippen molar-refractivity contribution in [2.45, 2.75) is 37.8 Å². The molecule has 2 aromatic heterocycles. The number of nitrogens with zero attached hydrogens (tertiary/aromatic N) is 3. The Bertz CT molecular complexity index is 887. The standard InChI is InChI=1S/C19H26N6O3/c20-16(26)11-19(22,18(21)28)14-3-8-25(9-4-14)17(27)5-10-24-7-2-13-1-6-23-12-15(13)24/h1-2,6-7,12,14H,3-5,8-11,22H2,(H2,20,26)(H2,21,28). The smallest absolute Gasteiger partial charge is 0.238 e. The average Bonchev–Trinajstić information content (AvgIpc) is 3.08. The first kappa shape index (κ1) is 19.8. The molecule has 0 bridgehead atoms. The van der Waals surface area contributed by atoms with E-state index in [-0.39, 0.29) is 18.2 Å². The van der Waals surface area contributed by atoms with E-state index in [1.54, 1.807) is 17.3 Å². The summed E-state index contributed by atoms with van der Waals surface area (Å²) >= 11 is 0. The van der Waals surface area contributed by atoms with Gasteiger partial charge in [-0.15, -0.1) is 0 Å². The minimum Gasteiger partial charge on any atom is -0.370 e. The molecule has 3 amide bonds. The number of likely N-dealkylation sites (tertiary alicyclic amines) is 1. The monoisotopic (exact) mass is 386 g/mol. The van der Waals surface area contributed by atoms with Crippen LogP contribution in [-0.2, 0) is 20.9 Å². The molecule has 0 spiro atoms. The van der Waals surface area contributed by atoms with Gasteiger partial charge < -0.3 is 26.7 Å². The normalized spacial score (nSPS) is 17.4. The number of piperidine rings is 1. The number of nitrogens with two attached hydrogens (primary N) is 3. The van der Waals surface area contributed by atoms with Crippen LogP contribution in [0, 0.1) is 5.92 Å². The molecule has 2 aromatic rings. The maximum atomic E-state index is 12.6. The van der Waals surface area contributed by atoms with Crippen LogP contribution in [0.2, 0.25) is 0 Å². The molecule has 1 aliphatic heterocycles. The number of aromatic nitrogens is 2. The second-order valence-corrected chi connectivity index (χ2v) is 7.40. The van der Waals surface area contributed by atoms with Gasteiger partial charge in [-0.05, 0) is 30.9 Å². The number of pyridine rings is 1. The molecule has 150 valence electrons. The van der Waals surface area contributed by atoms with Gasteiger partial charge in [0.25, 0.3) is 0 Å². The molecular weight excluding hydrogens is 360 g/mol. The maximum Gasteiger partial charge on any atom is 0.238 e. The summed E-state index contributed by atoms with van der Waals surface area (Å²) in [6, 6.07) is 3.93. The number of fused-ring (bicyclic) bond motifs is 1. The van der Waals surface area contributed by atoms with Gasteiger partial charge in [0.15, 0.2) is 0 Å². The zero-order chi connectivity index (χ0) is 20.3. The molecule has 1 unspecified atom stereocenters. The minimum absolute atomic E-state index is 0.0424. The van der Waals surface area contributed by atoms with Gasteiger partial charge in [-0.1, -0.05) is 0 Å². The predicted octanol–water partition coefficient (Wildman–Crippen LogP) is -0.277. The van der Waals surface area contributed by atoms with Crippen molar-refractivity contribution < 1.29 is 14.4 Å². The third-order valence-corrected chi connectivity index (χ3v) is 5.64. The SMILES string of the molecule is NC(=O)CC(N)(C(N)=O)C1CCN(C(=O)CCn2ccc3ccncc32)CC1. The van der Waals surface area contributed by atoms with E-state index in [2.05, 4.69) is 4.98 Å². The molecule has 0 aromatic carbocycles. The Hall–Kier alpha value is -2.94. The van der Waals surface area contributed by atoms with Gasteiger partial charge in [-0.2, -0.15) is 0 Å². The lowest BCUT2D eigenvalue weighted by Gasteiger charge is -2.40. The van der Waals surface area contributed by atoms with Crippen LogP contribution in [0.15, 0.2) is 30.7 Å². The van der Waals surface area contributed by atoms with Crippen LogP contribution in [0.1, 0.15) is 25.7 Å². The van der Waals surface area contributed by atoms with Crippen molar-refractivity contribution in [3.05, 3.63) is 30.7 Å². The summed E-state index contributed by atoms with van der Waals surface area (Å²) in [5, 5.41) is 1.09. The molecule has 3 heterocycles. The van der Waals surface area contributed by atoms with E-state index < -0.39 is 17.4 Å². The van der Waals surface area contributed by atoms with Gasteiger partial charge in [0.05, 0.1) is 18.1 Å². The quantitative estimate of drug-likeness (QED) is 0.598. The zero-order valence-corrected chi connectivity index (χ0v) is 15.7. The number of rotatable bonds is 7. The molecule has 3 rings (SSSR count). The number of carbonyl (C=O) groups excluding carboxylic acids is 3. The molecule has 1 saturated heterocycles. The summed E-state index contributed by atoms with van der Waals surface area (Å²) in [5.74, 6) is -1.63. The van der Waals surface area contributed by atoms with Crippen LogP contribution in [0.4, 0.5) is 0 Å². The Morgan fingerprint density at radius 1 is 1.18 bits per heavy atom. The Balaban J connectivity index is 1.56. The van der Waals surface area contributed by atoms with Crippen LogP contribution in [0.25, 0.3) is 10.9 Å². The van der Waals surface area contributed by atoms with E-state index in [0.29, 0.717) is 38.9 Å². The van der Waals surface area contributed by atoms with E-state index in [4.69, 9.17) is 17.2 Å². The number of primary amides is 2. The second-order valence-electron chi connectivity index (χ2n) is 7.40. The van der Waals surface area contributed by atoms with E-state index in [9.17, 15) is 14.4 Å². The number of hydrogen-bond acceptors (Lipinski definition) is 5. The predicted molar refractivity (Wildman–Crippen MR) is 104 cm³/mol. The summed E-state index contributed by atoms with van der Waals surface area (Å²) in [7, 11) is 0. The van der Waals surface area contributed by atoms with Gasteiger partial charge >= 0.3 is 0 Å². The Morgan fingerprint density at radius 2 is 1.89 bits per heavy atom. The highest BCUT2D eigenvalue weighted by molar-refractivity contribution is 5.90. The fraction of sp³-hybridized carbons (Fsp3) is 0.474. The van der Waals surface area contributed by atoms with Gasteiger partial charge in [0, 0.05) is 43.8 Å². The second kappa shape index (κ2) is 7.97. The van der Waals surface area contributed by atoms with Crippen molar-refractivity contribution >= 4 is 28.6 Å². The highest BCUT2D eigenvalue weighted by atomic mass is 16.2. The number of hydrogen-bond donors (Lipinski definition) is 3. The first-order chi connectivity index (χ1) is 13.3. The van der Waals surface area contributed by atoms with Gasteiger partial charge in [-0.3, -0.25) is 19.4 Å². The fourth-order valence-corrected chi connectivity index (χ4v) is 3.96. The van der Waals surface area contributed by atoms with E-state index >= 15 is 0 Å². The largest absolute Gasteiger partial charge is 0.370 e. The lowest BCUT2D eigenvalue weighted by atomic mass is 9.75. The van der Waals surface area contributed by atoms with Crippen molar-refractivity contribution in [2.75, 3.05) is 13.1 Å². The first-order valence-electron chi connectivity index (χ1n) is 9.35. The van der Waals surface area contributed by atoms with Gasteiger partial charge in [0.2, 0.25) is 17.7 Å². The third kappa shape index (κ3) is 3.99. The number of amides is 3. The van der Waals surface area contributed by atoms with Gasteiger partial charge in [-0.25, -0.2) is 0 Å².